The molecule has 1 N–H and O–H groups in total. The van der Waals surface area contributed by atoms with Crippen LogP contribution in [-0.2, 0) is 0 Å². The van der Waals surface area contributed by atoms with Crippen LogP contribution in [0.2, 0.25) is 0 Å². The maximum Gasteiger partial charge on any atom is 0.251 e. The average Bonchev–Trinajstić information content (AvgIpc) is 2.34. The van der Waals surface area contributed by atoms with E-state index in [1.54, 1.807) is 0 Å². The normalized spacial score (nSPS) is 10.5. The standard InChI is InChI=1S/C14H23N3O/c1-16(2)10-6-9-15-14(18)12-7-5-8-13(11-12)17(3)4/h5,7-8,11H,6,9-10H2,1-4H3,(H,15,18). The molecule has 0 fully saturated rings. The minimum Gasteiger partial charge on any atom is -0.378 e. The van der Waals surface area contributed by atoms with Gasteiger partial charge in [-0.05, 0) is 45.3 Å². The third-order valence-corrected chi connectivity index (χ3v) is 2.69. The highest BCUT2D eigenvalue weighted by Gasteiger charge is 2.06. The SMILES string of the molecule is CN(C)CCCNC(=O)c1cccc(N(C)C)c1. The highest BCUT2D eigenvalue weighted by molar-refractivity contribution is 5.95. The Morgan fingerprint density at radius 1 is 1.22 bits per heavy atom. The van der Waals surface area contributed by atoms with Gasteiger partial charge in [0.15, 0.2) is 0 Å². The van der Waals surface area contributed by atoms with Crippen molar-refractivity contribution in [2.45, 2.75) is 6.42 Å². The van der Waals surface area contributed by atoms with Gasteiger partial charge in [-0.25, -0.2) is 0 Å². The lowest BCUT2D eigenvalue weighted by Crippen LogP contribution is -2.27. The lowest BCUT2D eigenvalue weighted by Gasteiger charge is -2.14. The monoisotopic (exact) mass is 249 g/mol. The molecule has 1 aromatic carbocycles. The van der Waals surface area contributed by atoms with E-state index < -0.39 is 0 Å². The molecular formula is C14H23N3O. The summed E-state index contributed by atoms with van der Waals surface area (Å²) in [5.41, 5.74) is 1.75. The van der Waals surface area contributed by atoms with Gasteiger partial charge in [0.2, 0.25) is 0 Å². The number of nitrogens with zero attached hydrogens (tertiary/aromatic N) is 2. The number of anilines is 1. The first-order chi connectivity index (χ1) is 8.50. The van der Waals surface area contributed by atoms with Crippen LogP contribution in [0.25, 0.3) is 0 Å². The van der Waals surface area contributed by atoms with E-state index in [0.717, 1.165) is 18.7 Å². The summed E-state index contributed by atoms with van der Waals surface area (Å²) in [7, 11) is 7.99. The van der Waals surface area contributed by atoms with Gasteiger partial charge in [-0.1, -0.05) is 6.07 Å². The van der Waals surface area contributed by atoms with Crippen molar-refractivity contribution in [3.63, 3.8) is 0 Å². The molecule has 0 aliphatic rings. The molecule has 0 saturated heterocycles. The lowest BCUT2D eigenvalue weighted by molar-refractivity contribution is 0.0952. The first-order valence-corrected chi connectivity index (χ1v) is 6.21. The molecule has 0 aliphatic heterocycles. The van der Waals surface area contributed by atoms with E-state index in [9.17, 15) is 4.79 Å². The van der Waals surface area contributed by atoms with Crippen LogP contribution in [0.15, 0.2) is 24.3 Å². The minimum absolute atomic E-state index is 0.00236. The van der Waals surface area contributed by atoms with Crippen LogP contribution in [0.1, 0.15) is 16.8 Å². The summed E-state index contributed by atoms with van der Waals surface area (Å²) in [6, 6.07) is 7.64. The van der Waals surface area contributed by atoms with Crippen LogP contribution in [0, 0.1) is 0 Å². The zero-order valence-electron chi connectivity index (χ0n) is 11.7. The molecule has 0 saturated carbocycles. The summed E-state index contributed by atoms with van der Waals surface area (Å²) in [6.07, 6.45) is 0.964. The molecule has 0 aromatic heterocycles. The second-order valence-electron chi connectivity index (χ2n) is 4.86. The Bertz CT molecular complexity index is 388. The molecule has 4 heteroatoms. The summed E-state index contributed by atoms with van der Waals surface area (Å²) in [5.74, 6) is -0.00236. The van der Waals surface area contributed by atoms with E-state index >= 15 is 0 Å². The van der Waals surface area contributed by atoms with Crippen LogP contribution in [0.3, 0.4) is 0 Å². The summed E-state index contributed by atoms with van der Waals surface area (Å²) in [5, 5.41) is 2.94. The molecular weight excluding hydrogens is 226 g/mol. The van der Waals surface area contributed by atoms with Gasteiger partial charge in [0.25, 0.3) is 5.91 Å². The third-order valence-electron chi connectivity index (χ3n) is 2.69. The molecule has 4 nitrogen and oxygen atoms in total. The van der Waals surface area contributed by atoms with Crippen molar-refractivity contribution >= 4 is 11.6 Å². The Morgan fingerprint density at radius 2 is 1.94 bits per heavy atom. The van der Waals surface area contributed by atoms with E-state index in [0.29, 0.717) is 12.1 Å². The second kappa shape index (κ2) is 7.01. The second-order valence-corrected chi connectivity index (χ2v) is 4.86. The Kier molecular flexibility index (Phi) is 5.65. The van der Waals surface area contributed by atoms with Gasteiger partial charge in [0.05, 0.1) is 0 Å². The fourth-order valence-corrected chi connectivity index (χ4v) is 1.62. The van der Waals surface area contributed by atoms with Gasteiger partial charge in [-0.2, -0.15) is 0 Å². The third kappa shape index (κ3) is 4.75. The van der Waals surface area contributed by atoms with Crippen molar-refractivity contribution in [2.24, 2.45) is 0 Å². The predicted molar refractivity (Wildman–Crippen MR) is 76.3 cm³/mol. The van der Waals surface area contributed by atoms with E-state index in [1.807, 2.05) is 57.4 Å². The molecule has 18 heavy (non-hydrogen) atoms. The fraction of sp³-hybridized carbons (Fsp3) is 0.500. The summed E-state index contributed by atoms with van der Waals surface area (Å²) >= 11 is 0. The van der Waals surface area contributed by atoms with Crippen molar-refractivity contribution < 1.29 is 4.79 Å². The lowest BCUT2D eigenvalue weighted by atomic mass is 10.2. The predicted octanol–water partition coefficient (Wildman–Crippen LogP) is 1.43. The van der Waals surface area contributed by atoms with Crippen molar-refractivity contribution in [1.82, 2.24) is 10.2 Å². The Labute approximate surface area is 110 Å². The largest absolute Gasteiger partial charge is 0.378 e. The van der Waals surface area contributed by atoms with Crippen LogP contribution in [0.5, 0.6) is 0 Å². The molecule has 0 aliphatic carbocycles. The van der Waals surface area contributed by atoms with Crippen molar-refractivity contribution in [3.8, 4) is 0 Å². The number of hydrogen-bond donors (Lipinski definition) is 1. The minimum atomic E-state index is -0.00236. The van der Waals surface area contributed by atoms with E-state index in [4.69, 9.17) is 0 Å². The Hall–Kier alpha value is -1.55. The van der Waals surface area contributed by atoms with Crippen molar-refractivity contribution in [3.05, 3.63) is 29.8 Å². The molecule has 1 aromatic rings. The van der Waals surface area contributed by atoms with Crippen LogP contribution in [0.4, 0.5) is 5.69 Å². The fourth-order valence-electron chi connectivity index (χ4n) is 1.62. The number of rotatable bonds is 6. The maximum absolute atomic E-state index is 11.9. The molecule has 0 atom stereocenters. The molecule has 100 valence electrons. The smallest absolute Gasteiger partial charge is 0.251 e. The zero-order valence-corrected chi connectivity index (χ0v) is 11.7. The highest BCUT2D eigenvalue weighted by atomic mass is 16.1. The van der Waals surface area contributed by atoms with Gasteiger partial charge in [-0.3, -0.25) is 4.79 Å². The Morgan fingerprint density at radius 3 is 2.56 bits per heavy atom. The molecule has 0 bridgehead atoms. The Balaban J connectivity index is 2.48. The molecule has 0 heterocycles. The van der Waals surface area contributed by atoms with Gasteiger partial charge in [0.1, 0.15) is 0 Å². The van der Waals surface area contributed by atoms with E-state index in [2.05, 4.69) is 10.2 Å². The number of hydrogen-bond acceptors (Lipinski definition) is 3. The number of amides is 1. The van der Waals surface area contributed by atoms with Gasteiger partial charge in [-0.15, -0.1) is 0 Å². The number of carbonyl (C=O) groups excluding carboxylic acids is 1. The topological polar surface area (TPSA) is 35.6 Å². The molecule has 1 amide bonds. The number of nitrogens with one attached hydrogen (secondary N) is 1. The van der Waals surface area contributed by atoms with Gasteiger partial charge >= 0.3 is 0 Å². The van der Waals surface area contributed by atoms with Crippen LogP contribution in [-0.4, -0.2) is 52.1 Å². The molecule has 1 rings (SSSR count). The van der Waals surface area contributed by atoms with Crippen molar-refractivity contribution in [1.29, 1.82) is 0 Å². The van der Waals surface area contributed by atoms with Gasteiger partial charge in [0, 0.05) is 31.9 Å². The van der Waals surface area contributed by atoms with Crippen LogP contribution < -0.4 is 10.2 Å². The number of carbonyl (C=O) groups is 1. The first-order valence-electron chi connectivity index (χ1n) is 6.21. The summed E-state index contributed by atoms with van der Waals surface area (Å²) in [4.78, 5) is 16.0. The quantitative estimate of drug-likeness (QED) is 0.775. The highest BCUT2D eigenvalue weighted by Crippen LogP contribution is 2.13. The maximum atomic E-state index is 11.9. The summed E-state index contributed by atoms with van der Waals surface area (Å²) < 4.78 is 0. The zero-order chi connectivity index (χ0) is 13.5. The molecule has 0 unspecified atom stereocenters. The molecule has 0 radical (unpaired) electrons. The van der Waals surface area contributed by atoms with E-state index in [1.165, 1.54) is 0 Å². The first kappa shape index (κ1) is 14.5. The molecule has 0 spiro atoms. The average molecular weight is 249 g/mol. The van der Waals surface area contributed by atoms with E-state index in [-0.39, 0.29) is 5.91 Å². The number of benzene rings is 1. The van der Waals surface area contributed by atoms with Gasteiger partial charge < -0.3 is 15.1 Å². The van der Waals surface area contributed by atoms with Crippen molar-refractivity contribution in [2.75, 3.05) is 46.2 Å². The van der Waals surface area contributed by atoms with Crippen LogP contribution >= 0.6 is 0 Å². The summed E-state index contributed by atoms with van der Waals surface area (Å²) in [6.45, 7) is 1.70.